The Bertz CT molecular complexity index is 1080. The van der Waals surface area contributed by atoms with Crippen LogP contribution in [0.4, 0.5) is 5.69 Å². The van der Waals surface area contributed by atoms with E-state index in [9.17, 15) is 9.59 Å². The van der Waals surface area contributed by atoms with Gasteiger partial charge in [0.2, 0.25) is 5.91 Å². The largest absolute Gasteiger partial charge is 0.324 e. The molecule has 0 spiro atoms. The number of nitrogens with zero attached hydrogens (tertiary/aromatic N) is 2. The lowest BCUT2D eigenvalue weighted by molar-refractivity contribution is -0.116. The lowest BCUT2D eigenvalue weighted by Crippen LogP contribution is -2.30. The lowest BCUT2D eigenvalue weighted by Gasteiger charge is -2.14. The summed E-state index contributed by atoms with van der Waals surface area (Å²) in [5.41, 5.74) is 1.41. The van der Waals surface area contributed by atoms with Gasteiger partial charge in [-0.1, -0.05) is 53.9 Å². The Morgan fingerprint density at radius 1 is 1.04 bits per heavy atom. The second kappa shape index (κ2) is 8.78. The van der Waals surface area contributed by atoms with Gasteiger partial charge in [-0.25, -0.2) is 4.98 Å². The molecule has 0 aliphatic heterocycles. The Balaban J connectivity index is 1.96. The van der Waals surface area contributed by atoms with Gasteiger partial charge in [0.25, 0.3) is 5.56 Å². The molecule has 1 aromatic heterocycles. The van der Waals surface area contributed by atoms with Crippen LogP contribution in [-0.2, 0) is 17.8 Å². The van der Waals surface area contributed by atoms with E-state index in [0.29, 0.717) is 44.3 Å². The second-order valence-corrected chi connectivity index (χ2v) is 7.37. The van der Waals surface area contributed by atoms with Crippen LogP contribution in [-0.4, -0.2) is 15.5 Å². The van der Waals surface area contributed by atoms with Crippen LogP contribution in [0, 0.1) is 0 Å². The summed E-state index contributed by atoms with van der Waals surface area (Å²) in [4.78, 5) is 29.7. The number of halogens is 3. The first-order valence-corrected chi connectivity index (χ1v) is 9.61. The molecule has 0 aliphatic carbocycles. The molecule has 0 saturated heterocycles. The molecule has 2 aromatic carbocycles. The molecule has 0 atom stereocenters. The Morgan fingerprint density at radius 3 is 2.39 bits per heavy atom. The summed E-state index contributed by atoms with van der Waals surface area (Å²) in [5, 5.41) is 4.00. The van der Waals surface area contributed by atoms with E-state index in [2.05, 4.69) is 10.3 Å². The standard InChI is InChI=1S/C20H16Cl3N3O2/c1-2-16-10-19(28)26(20(25-16)12-4-3-5-13(21)6-12)11-18(27)24-17-8-14(22)7-15(23)9-17/h3-10H,2,11H2,1H3,(H,24,27). The summed E-state index contributed by atoms with van der Waals surface area (Å²) < 4.78 is 1.31. The zero-order valence-electron chi connectivity index (χ0n) is 14.9. The van der Waals surface area contributed by atoms with Gasteiger partial charge >= 0.3 is 0 Å². The van der Waals surface area contributed by atoms with Gasteiger partial charge in [0, 0.05) is 38.1 Å². The average Bonchev–Trinajstić information content (AvgIpc) is 2.62. The third-order valence-corrected chi connectivity index (χ3v) is 4.63. The van der Waals surface area contributed by atoms with Crippen LogP contribution in [0.5, 0.6) is 0 Å². The third kappa shape index (κ3) is 4.93. The number of carbonyl (C=O) groups excluding carboxylic acids is 1. The summed E-state index contributed by atoms with van der Waals surface area (Å²) >= 11 is 18.0. The summed E-state index contributed by atoms with van der Waals surface area (Å²) in [7, 11) is 0. The summed E-state index contributed by atoms with van der Waals surface area (Å²) in [5.74, 6) is -0.0270. The van der Waals surface area contributed by atoms with Crippen LogP contribution in [0.25, 0.3) is 11.4 Å². The van der Waals surface area contributed by atoms with E-state index < -0.39 is 5.91 Å². The number of aromatic nitrogens is 2. The second-order valence-electron chi connectivity index (χ2n) is 6.07. The van der Waals surface area contributed by atoms with Crippen molar-refractivity contribution >= 4 is 46.4 Å². The maximum absolute atomic E-state index is 12.6. The molecule has 0 saturated carbocycles. The van der Waals surface area contributed by atoms with Crippen molar-refractivity contribution in [2.75, 3.05) is 5.32 Å². The van der Waals surface area contributed by atoms with Crippen molar-refractivity contribution in [2.45, 2.75) is 19.9 Å². The Labute approximate surface area is 176 Å². The molecule has 0 aliphatic rings. The van der Waals surface area contributed by atoms with E-state index in [0.717, 1.165) is 0 Å². The van der Waals surface area contributed by atoms with Crippen LogP contribution >= 0.6 is 34.8 Å². The predicted molar refractivity (Wildman–Crippen MR) is 113 cm³/mol. The predicted octanol–water partition coefficient (Wildman–Crippen LogP) is 5.07. The fraction of sp³-hybridized carbons (Fsp3) is 0.150. The number of hydrogen-bond donors (Lipinski definition) is 1. The van der Waals surface area contributed by atoms with Crippen molar-refractivity contribution in [3.05, 3.63) is 79.6 Å². The first-order chi connectivity index (χ1) is 13.4. The number of hydrogen-bond acceptors (Lipinski definition) is 3. The highest BCUT2D eigenvalue weighted by Crippen LogP contribution is 2.23. The van der Waals surface area contributed by atoms with Crippen LogP contribution in [0.15, 0.2) is 53.3 Å². The molecule has 0 bridgehead atoms. The van der Waals surface area contributed by atoms with Crippen LogP contribution < -0.4 is 10.9 Å². The molecule has 5 nitrogen and oxygen atoms in total. The maximum Gasteiger partial charge on any atom is 0.254 e. The molecular formula is C20H16Cl3N3O2. The van der Waals surface area contributed by atoms with E-state index in [1.807, 2.05) is 6.92 Å². The van der Waals surface area contributed by atoms with Crippen LogP contribution in [0.1, 0.15) is 12.6 Å². The molecule has 3 rings (SSSR count). The van der Waals surface area contributed by atoms with Gasteiger partial charge in [-0.15, -0.1) is 0 Å². The van der Waals surface area contributed by atoms with Crippen molar-refractivity contribution in [1.29, 1.82) is 0 Å². The molecule has 1 amide bonds. The van der Waals surface area contributed by atoms with Crippen molar-refractivity contribution < 1.29 is 4.79 Å². The quantitative estimate of drug-likeness (QED) is 0.607. The highest BCUT2D eigenvalue weighted by atomic mass is 35.5. The minimum atomic E-state index is -0.408. The lowest BCUT2D eigenvalue weighted by atomic mass is 10.2. The fourth-order valence-electron chi connectivity index (χ4n) is 2.71. The molecule has 28 heavy (non-hydrogen) atoms. The Morgan fingerprint density at radius 2 is 1.75 bits per heavy atom. The minimum Gasteiger partial charge on any atom is -0.324 e. The highest BCUT2D eigenvalue weighted by molar-refractivity contribution is 6.35. The fourth-order valence-corrected chi connectivity index (χ4v) is 3.42. The van der Waals surface area contributed by atoms with Gasteiger partial charge in [-0.2, -0.15) is 0 Å². The van der Waals surface area contributed by atoms with E-state index in [1.54, 1.807) is 42.5 Å². The molecule has 0 unspecified atom stereocenters. The number of anilines is 1. The van der Waals surface area contributed by atoms with Crippen LogP contribution in [0.2, 0.25) is 15.1 Å². The summed E-state index contributed by atoms with van der Waals surface area (Å²) in [6, 6.07) is 13.1. The normalized spacial score (nSPS) is 10.7. The van der Waals surface area contributed by atoms with Gasteiger partial charge in [-0.05, 0) is 36.8 Å². The highest BCUT2D eigenvalue weighted by Gasteiger charge is 2.14. The van der Waals surface area contributed by atoms with E-state index >= 15 is 0 Å². The van der Waals surface area contributed by atoms with Crippen molar-refractivity contribution in [3.63, 3.8) is 0 Å². The number of rotatable bonds is 5. The minimum absolute atomic E-state index is 0.220. The molecule has 1 N–H and O–H groups in total. The monoisotopic (exact) mass is 435 g/mol. The molecular weight excluding hydrogens is 421 g/mol. The topological polar surface area (TPSA) is 64.0 Å². The van der Waals surface area contributed by atoms with Gasteiger partial charge < -0.3 is 5.32 Å². The van der Waals surface area contributed by atoms with E-state index in [1.165, 1.54) is 10.6 Å². The van der Waals surface area contributed by atoms with Gasteiger partial charge in [0.1, 0.15) is 12.4 Å². The number of benzene rings is 2. The zero-order valence-corrected chi connectivity index (χ0v) is 17.1. The Kier molecular flexibility index (Phi) is 6.39. The van der Waals surface area contributed by atoms with Crippen molar-refractivity contribution in [1.82, 2.24) is 9.55 Å². The number of carbonyl (C=O) groups is 1. The molecule has 0 fully saturated rings. The first-order valence-electron chi connectivity index (χ1n) is 8.48. The smallest absolute Gasteiger partial charge is 0.254 e. The molecule has 3 aromatic rings. The maximum atomic E-state index is 12.6. The molecule has 144 valence electrons. The van der Waals surface area contributed by atoms with Crippen molar-refractivity contribution in [2.24, 2.45) is 0 Å². The van der Waals surface area contributed by atoms with Gasteiger partial charge in [0.15, 0.2) is 0 Å². The van der Waals surface area contributed by atoms with Crippen molar-refractivity contribution in [3.8, 4) is 11.4 Å². The summed E-state index contributed by atoms with van der Waals surface area (Å²) in [6.45, 7) is 1.69. The number of amides is 1. The van der Waals surface area contributed by atoms with E-state index in [-0.39, 0.29) is 12.1 Å². The zero-order chi connectivity index (χ0) is 20.3. The van der Waals surface area contributed by atoms with E-state index in [4.69, 9.17) is 34.8 Å². The number of nitrogens with one attached hydrogen (secondary N) is 1. The molecule has 8 heteroatoms. The van der Waals surface area contributed by atoms with Crippen LogP contribution in [0.3, 0.4) is 0 Å². The third-order valence-electron chi connectivity index (χ3n) is 3.95. The Hall–Kier alpha value is -2.34. The summed E-state index contributed by atoms with van der Waals surface area (Å²) in [6.07, 6.45) is 0.594. The van der Waals surface area contributed by atoms with Gasteiger partial charge in [-0.3, -0.25) is 14.2 Å². The molecule has 1 heterocycles. The average molecular weight is 437 g/mol. The molecule has 0 radical (unpaired) electrons. The van der Waals surface area contributed by atoms with Gasteiger partial charge in [0.05, 0.1) is 0 Å². The number of aryl methyl sites for hydroxylation is 1. The SMILES string of the molecule is CCc1cc(=O)n(CC(=O)Nc2cc(Cl)cc(Cl)c2)c(-c2cccc(Cl)c2)n1. The first kappa shape index (κ1) is 20.4.